The van der Waals surface area contributed by atoms with E-state index in [9.17, 15) is 4.39 Å². The minimum atomic E-state index is -0.232. The second-order valence-electron chi connectivity index (χ2n) is 5.47. The molecule has 0 atom stereocenters. The Morgan fingerprint density at radius 1 is 1.00 bits per heavy atom. The van der Waals surface area contributed by atoms with Crippen LogP contribution in [0, 0.1) is 5.82 Å². The maximum absolute atomic E-state index is 13.6. The summed E-state index contributed by atoms with van der Waals surface area (Å²) in [5.41, 5.74) is 1.65. The van der Waals surface area contributed by atoms with Crippen molar-refractivity contribution in [2.75, 3.05) is 27.2 Å². The summed E-state index contributed by atoms with van der Waals surface area (Å²) in [7, 11) is 4.10. The highest BCUT2D eigenvalue weighted by Crippen LogP contribution is 2.19. The highest BCUT2D eigenvalue weighted by Gasteiger charge is 2.05. The lowest BCUT2D eigenvalue weighted by Gasteiger charge is -2.14. The van der Waals surface area contributed by atoms with Crippen LogP contribution in [-0.2, 0) is 13.2 Å². The molecule has 0 aromatic heterocycles. The van der Waals surface area contributed by atoms with Crippen molar-refractivity contribution in [3.05, 3.63) is 65.5 Å². The number of benzene rings is 2. The van der Waals surface area contributed by atoms with Crippen LogP contribution in [0.1, 0.15) is 11.1 Å². The first kappa shape index (κ1) is 16.5. The largest absolute Gasteiger partial charge is 0.488 e. The van der Waals surface area contributed by atoms with Crippen LogP contribution in [0.2, 0.25) is 0 Å². The van der Waals surface area contributed by atoms with Gasteiger partial charge in [-0.1, -0.05) is 36.4 Å². The first-order valence-corrected chi connectivity index (χ1v) is 7.46. The molecule has 0 radical (unpaired) electrons. The first-order chi connectivity index (χ1) is 10.7. The van der Waals surface area contributed by atoms with Crippen molar-refractivity contribution in [2.45, 2.75) is 13.2 Å². The lowest BCUT2D eigenvalue weighted by molar-refractivity contribution is 0.295. The Morgan fingerprint density at radius 2 is 1.68 bits per heavy atom. The van der Waals surface area contributed by atoms with E-state index in [1.807, 2.05) is 44.4 Å². The van der Waals surface area contributed by atoms with Crippen LogP contribution in [0.4, 0.5) is 4.39 Å². The van der Waals surface area contributed by atoms with Crippen LogP contribution in [-0.4, -0.2) is 32.1 Å². The van der Waals surface area contributed by atoms with E-state index in [0.29, 0.717) is 5.56 Å². The van der Waals surface area contributed by atoms with Crippen molar-refractivity contribution in [1.82, 2.24) is 10.2 Å². The molecule has 4 heteroatoms. The normalized spacial score (nSPS) is 10.9. The Kier molecular flexibility index (Phi) is 6.37. The number of para-hydroxylation sites is 1. The topological polar surface area (TPSA) is 24.5 Å². The summed E-state index contributed by atoms with van der Waals surface area (Å²) in [6, 6.07) is 14.6. The van der Waals surface area contributed by atoms with E-state index in [4.69, 9.17) is 4.74 Å². The molecule has 0 saturated heterocycles. The highest BCUT2D eigenvalue weighted by atomic mass is 19.1. The fourth-order valence-corrected chi connectivity index (χ4v) is 2.09. The van der Waals surface area contributed by atoms with E-state index in [1.54, 1.807) is 12.1 Å². The molecule has 0 spiro atoms. The average Bonchev–Trinajstić information content (AvgIpc) is 2.51. The number of hydrogen-bond acceptors (Lipinski definition) is 3. The lowest BCUT2D eigenvalue weighted by atomic mass is 10.2. The number of likely N-dealkylation sites (N-methyl/N-ethyl adjacent to an activating group) is 1. The molecule has 0 unspecified atom stereocenters. The van der Waals surface area contributed by atoms with E-state index in [2.05, 4.69) is 10.2 Å². The first-order valence-electron chi connectivity index (χ1n) is 7.46. The highest BCUT2D eigenvalue weighted by molar-refractivity contribution is 5.33. The van der Waals surface area contributed by atoms with Crippen molar-refractivity contribution >= 4 is 0 Å². The summed E-state index contributed by atoms with van der Waals surface area (Å²) in [6.07, 6.45) is 0. The van der Waals surface area contributed by atoms with Gasteiger partial charge in [0.05, 0.1) is 0 Å². The van der Waals surface area contributed by atoms with Gasteiger partial charge in [-0.25, -0.2) is 4.39 Å². The molecule has 3 nitrogen and oxygen atoms in total. The van der Waals surface area contributed by atoms with Crippen LogP contribution < -0.4 is 10.1 Å². The number of halogens is 1. The van der Waals surface area contributed by atoms with Crippen molar-refractivity contribution in [2.24, 2.45) is 0 Å². The SMILES string of the molecule is CN(C)CCNCc1ccccc1OCc1ccccc1F. The third kappa shape index (κ3) is 5.13. The summed E-state index contributed by atoms with van der Waals surface area (Å²) in [4.78, 5) is 2.13. The molecule has 0 bridgehead atoms. The lowest BCUT2D eigenvalue weighted by Crippen LogP contribution is -2.26. The molecule has 2 aromatic rings. The Bertz CT molecular complexity index is 587. The molecule has 0 aliphatic rings. The Labute approximate surface area is 131 Å². The third-order valence-corrected chi connectivity index (χ3v) is 3.36. The molecule has 118 valence electrons. The number of hydrogen-bond donors (Lipinski definition) is 1. The number of nitrogens with zero attached hydrogens (tertiary/aromatic N) is 1. The third-order valence-electron chi connectivity index (χ3n) is 3.36. The number of rotatable bonds is 8. The molecule has 0 amide bonds. The standard InChI is InChI=1S/C18H23FN2O/c1-21(2)12-11-20-13-15-7-4-6-10-18(15)22-14-16-8-3-5-9-17(16)19/h3-10,20H,11-14H2,1-2H3. The summed E-state index contributed by atoms with van der Waals surface area (Å²) in [5.74, 6) is 0.562. The Morgan fingerprint density at radius 3 is 2.41 bits per heavy atom. The van der Waals surface area contributed by atoms with E-state index in [-0.39, 0.29) is 12.4 Å². The van der Waals surface area contributed by atoms with Gasteiger partial charge >= 0.3 is 0 Å². The summed E-state index contributed by atoms with van der Waals surface area (Å²) >= 11 is 0. The zero-order valence-electron chi connectivity index (χ0n) is 13.2. The zero-order chi connectivity index (χ0) is 15.8. The van der Waals surface area contributed by atoms with E-state index in [0.717, 1.165) is 30.9 Å². The molecule has 2 aromatic carbocycles. The maximum atomic E-state index is 13.6. The van der Waals surface area contributed by atoms with Crippen LogP contribution in [0.15, 0.2) is 48.5 Å². The van der Waals surface area contributed by atoms with Crippen LogP contribution in [0.25, 0.3) is 0 Å². The van der Waals surface area contributed by atoms with Gasteiger partial charge in [-0.2, -0.15) is 0 Å². The Hall–Kier alpha value is -1.91. The van der Waals surface area contributed by atoms with Gasteiger partial charge in [-0.15, -0.1) is 0 Å². The fraction of sp³-hybridized carbons (Fsp3) is 0.333. The quantitative estimate of drug-likeness (QED) is 0.759. The summed E-state index contributed by atoms with van der Waals surface area (Å²) in [6.45, 7) is 2.87. The predicted molar refractivity (Wildman–Crippen MR) is 87.4 cm³/mol. The van der Waals surface area contributed by atoms with Gasteiger partial charge in [0.2, 0.25) is 0 Å². The number of ether oxygens (including phenoxy) is 1. The molecule has 0 aliphatic heterocycles. The predicted octanol–water partition coefficient (Wildman–Crippen LogP) is 3.06. The second-order valence-corrected chi connectivity index (χ2v) is 5.47. The van der Waals surface area contributed by atoms with E-state index >= 15 is 0 Å². The molecule has 2 rings (SSSR count). The van der Waals surface area contributed by atoms with E-state index in [1.165, 1.54) is 6.07 Å². The Balaban J connectivity index is 1.92. The fourth-order valence-electron chi connectivity index (χ4n) is 2.09. The average molecular weight is 302 g/mol. The molecular formula is C18H23FN2O. The van der Waals surface area contributed by atoms with Gasteiger partial charge in [-0.3, -0.25) is 0 Å². The van der Waals surface area contributed by atoms with Gasteiger partial charge in [0, 0.05) is 30.8 Å². The van der Waals surface area contributed by atoms with Crippen molar-refractivity contribution in [3.8, 4) is 5.75 Å². The van der Waals surface area contributed by atoms with Crippen LogP contribution >= 0.6 is 0 Å². The minimum absolute atomic E-state index is 0.232. The van der Waals surface area contributed by atoms with Crippen LogP contribution in [0.3, 0.4) is 0 Å². The molecule has 0 saturated carbocycles. The zero-order valence-corrected chi connectivity index (χ0v) is 13.2. The molecule has 0 heterocycles. The smallest absolute Gasteiger partial charge is 0.129 e. The minimum Gasteiger partial charge on any atom is -0.488 e. The summed E-state index contributed by atoms with van der Waals surface area (Å²) < 4.78 is 19.4. The van der Waals surface area contributed by atoms with Crippen LogP contribution in [0.5, 0.6) is 5.75 Å². The molecule has 0 fully saturated rings. The van der Waals surface area contributed by atoms with E-state index < -0.39 is 0 Å². The van der Waals surface area contributed by atoms with Gasteiger partial charge in [0.15, 0.2) is 0 Å². The monoisotopic (exact) mass is 302 g/mol. The van der Waals surface area contributed by atoms with Gasteiger partial charge in [0.25, 0.3) is 0 Å². The molecule has 0 aliphatic carbocycles. The molecular weight excluding hydrogens is 279 g/mol. The summed E-state index contributed by atoms with van der Waals surface area (Å²) in [5, 5.41) is 3.39. The van der Waals surface area contributed by atoms with Crippen molar-refractivity contribution in [1.29, 1.82) is 0 Å². The van der Waals surface area contributed by atoms with Gasteiger partial charge in [0.1, 0.15) is 18.2 Å². The maximum Gasteiger partial charge on any atom is 0.129 e. The van der Waals surface area contributed by atoms with Gasteiger partial charge < -0.3 is 15.0 Å². The second kappa shape index (κ2) is 8.51. The van der Waals surface area contributed by atoms with Crippen molar-refractivity contribution in [3.63, 3.8) is 0 Å². The number of nitrogens with one attached hydrogen (secondary N) is 1. The molecule has 22 heavy (non-hydrogen) atoms. The van der Waals surface area contributed by atoms with Gasteiger partial charge in [-0.05, 0) is 26.2 Å². The van der Waals surface area contributed by atoms with Crippen molar-refractivity contribution < 1.29 is 9.13 Å². The molecule has 1 N–H and O–H groups in total.